The van der Waals surface area contributed by atoms with Crippen LogP contribution in [0.4, 0.5) is 5.82 Å². The van der Waals surface area contributed by atoms with Crippen molar-refractivity contribution < 1.29 is 4.79 Å². The van der Waals surface area contributed by atoms with Crippen molar-refractivity contribution in [1.29, 1.82) is 0 Å². The molecule has 0 unspecified atom stereocenters. The Balaban J connectivity index is 1.75. The largest absolute Gasteiger partial charge is 0.303 e. The van der Waals surface area contributed by atoms with Crippen LogP contribution in [-0.4, -0.2) is 25.7 Å². The number of nitrogens with one attached hydrogen (secondary N) is 1. The Bertz CT molecular complexity index is 831. The van der Waals surface area contributed by atoms with Crippen molar-refractivity contribution >= 4 is 27.7 Å². The predicted molar refractivity (Wildman–Crippen MR) is 90.2 cm³/mol. The molecule has 0 aliphatic heterocycles. The van der Waals surface area contributed by atoms with Crippen LogP contribution in [0.3, 0.4) is 0 Å². The summed E-state index contributed by atoms with van der Waals surface area (Å²) in [5.41, 5.74) is 2.59. The van der Waals surface area contributed by atoms with Gasteiger partial charge in [0.15, 0.2) is 5.82 Å². The molecule has 0 saturated carbocycles. The smallest absolute Gasteiger partial charge is 0.277 e. The van der Waals surface area contributed by atoms with Gasteiger partial charge in [-0.25, -0.2) is 4.98 Å². The Morgan fingerprint density at radius 2 is 2.22 bits per heavy atom. The van der Waals surface area contributed by atoms with Crippen LogP contribution < -0.4 is 5.32 Å². The fraction of sp³-hybridized carbons (Fsp3) is 0.125. The van der Waals surface area contributed by atoms with E-state index in [0.29, 0.717) is 16.8 Å². The lowest BCUT2D eigenvalue weighted by Crippen LogP contribution is -2.14. The highest BCUT2D eigenvalue weighted by atomic mass is 79.9. The summed E-state index contributed by atoms with van der Waals surface area (Å²) < 4.78 is 2.48. The van der Waals surface area contributed by atoms with Crippen molar-refractivity contribution in [3.63, 3.8) is 0 Å². The lowest BCUT2D eigenvalue weighted by molar-refractivity contribution is 0.102. The van der Waals surface area contributed by atoms with Gasteiger partial charge in [0.2, 0.25) is 0 Å². The summed E-state index contributed by atoms with van der Waals surface area (Å²) in [5, 5.41) is 7.11. The van der Waals surface area contributed by atoms with Crippen molar-refractivity contribution in [2.75, 3.05) is 5.32 Å². The van der Waals surface area contributed by atoms with E-state index in [4.69, 9.17) is 0 Å². The lowest BCUT2D eigenvalue weighted by atomic mass is 10.1. The summed E-state index contributed by atoms with van der Waals surface area (Å²) in [6.45, 7) is 2.68. The molecule has 1 amide bonds. The maximum Gasteiger partial charge on any atom is 0.277 e. The average Bonchev–Trinajstić information content (AvgIpc) is 2.87. The number of carbonyl (C=O) groups is 1. The zero-order valence-corrected chi connectivity index (χ0v) is 14.0. The molecule has 0 aliphatic carbocycles. The Kier molecular flexibility index (Phi) is 4.47. The van der Waals surface area contributed by atoms with Crippen molar-refractivity contribution in [2.24, 2.45) is 0 Å². The molecule has 6 nitrogen and oxygen atoms in total. The lowest BCUT2D eigenvalue weighted by Gasteiger charge is -2.03. The van der Waals surface area contributed by atoms with Crippen molar-refractivity contribution in [1.82, 2.24) is 19.7 Å². The molecular formula is C16H14BrN5O. The monoisotopic (exact) mass is 371 g/mol. The summed E-state index contributed by atoms with van der Waals surface area (Å²) >= 11 is 3.41. The van der Waals surface area contributed by atoms with Gasteiger partial charge in [-0.2, -0.15) is 5.10 Å². The van der Waals surface area contributed by atoms with Gasteiger partial charge in [0, 0.05) is 18.6 Å². The number of amides is 1. The van der Waals surface area contributed by atoms with Crippen LogP contribution in [0.2, 0.25) is 0 Å². The topological polar surface area (TPSA) is 72.7 Å². The van der Waals surface area contributed by atoms with Gasteiger partial charge in [0.1, 0.15) is 5.69 Å². The van der Waals surface area contributed by atoms with Gasteiger partial charge in [0.25, 0.3) is 5.91 Å². The Morgan fingerprint density at radius 3 is 2.96 bits per heavy atom. The molecule has 0 saturated heterocycles. The number of benzene rings is 1. The molecule has 3 rings (SSSR count). The second-order valence-corrected chi connectivity index (χ2v) is 5.91. The van der Waals surface area contributed by atoms with Crippen molar-refractivity contribution in [2.45, 2.75) is 13.5 Å². The van der Waals surface area contributed by atoms with E-state index in [0.717, 1.165) is 5.56 Å². The predicted octanol–water partition coefficient (Wildman–Crippen LogP) is 3.04. The number of nitrogens with zero attached hydrogens (tertiary/aromatic N) is 4. The fourth-order valence-corrected chi connectivity index (χ4v) is 2.56. The van der Waals surface area contributed by atoms with E-state index in [1.54, 1.807) is 4.68 Å². The number of aryl methyl sites for hydroxylation is 1. The molecule has 7 heteroatoms. The molecule has 2 aromatic heterocycles. The molecule has 0 fully saturated rings. The van der Waals surface area contributed by atoms with Crippen molar-refractivity contribution in [3.8, 4) is 0 Å². The van der Waals surface area contributed by atoms with Crippen LogP contribution in [0, 0.1) is 6.92 Å². The van der Waals surface area contributed by atoms with Gasteiger partial charge in [-0.15, -0.1) is 0 Å². The SMILES string of the molecule is Cc1cccc(Cn2cc(Br)c(NC(=O)c3cnccn3)n2)c1. The Hall–Kier alpha value is -2.54. The molecule has 0 bridgehead atoms. The normalized spacial score (nSPS) is 10.5. The Morgan fingerprint density at radius 1 is 1.35 bits per heavy atom. The van der Waals surface area contributed by atoms with E-state index >= 15 is 0 Å². The van der Waals surface area contributed by atoms with Crippen LogP contribution in [0.5, 0.6) is 0 Å². The van der Waals surface area contributed by atoms with Crippen LogP contribution in [0.15, 0.2) is 53.5 Å². The second-order valence-electron chi connectivity index (χ2n) is 5.06. The molecule has 116 valence electrons. The number of carbonyl (C=O) groups excluding carboxylic acids is 1. The highest BCUT2D eigenvalue weighted by Gasteiger charge is 2.13. The molecule has 0 radical (unpaired) electrons. The molecule has 3 aromatic rings. The first-order valence-electron chi connectivity index (χ1n) is 6.97. The number of rotatable bonds is 4. The minimum atomic E-state index is -0.348. The molecule has 0 spiro atoms. The van der Waals surface area contributed by atoms with Gasteiger partial charge in [-0.3, -0.25) is 14.5 Å². The van der Waals surface area contributed by atoms with Gasteiger partial charge < -0.3 is 5.32 Å². The van der Waals surface area contributed by atoms with E-state index in [9.17, 15) is 4.79 Å². The number of hydrogen-bond donors (Lipinski definition) is 1. The zero-order valence-electron chi connectivity index (χ0n) is 12.4. The highest BCUT2D eigenvalue weighted by Crippen LogP contribution is 2.21. The quantitative estimate of drug-likeness (QED) is 0.764. The van der Waals surface area contributed by atoms with E-state index < -0.39 is 0 Å². The maximum absolute atomic E-state index is 12.1. The Labute approximate surface area is 141 Å². The number of anilines is 1. The standard InChI is InChI=1S/C16H14BrN5O/c1-11-3-2-4-12(7-11)9-22-10-13(17)15(21-22)20-16(23)14-8-18-5-6-19-14/h2-8,10H,9H2,1H3,(H,20,21,23). The molecule has 0 aliphatic rings. The number of halogens is 1. The third-order valence-corrected chi connectivity index (χ3v) is 3.75. The fourth-order valence-electron chi connectivity index (χ4n) is 2.15. The third kappa shape index (κ3) is 3.81. The second kappa shape index (κ2) is 6.70. The van der Waals surface area contributed by atoms with Crippen LogP contribution in [0.1, 0.15) is 21.6 Å². The summed E-state index contributed by atoms with van der Waals surface area (Å²) in [6, 6.07) is 8.21. The molecule has 2 heterocycles. The van der Waals surface area contributed by atoms with Gasteiger partial charge >= 0.3 is 0 Å². The first kappa shape index (κ1) is 15.4. The summed E-state index contributed by atoms with van der Waals surface area (Å²) in [4.78, 5) is 19.9. The van der Waals surface area contributed by atoms with Crippen LogP contribution in [-0.2, 0) is 6.54 Å². The summed E-state index contributed by atoms with van der Waals surface area (Å²) in [5.74, 6) is 0.105. The number of hydrogen-bond acceptors (Lipinski definition) is 4. The minimum absolute atomic E-state index is 0.243. The minimum Gasteiger partial charge on any atom is -0.303 e. The average molecular weight is 372 g/mol. The molecular weight excluding hydrogens is 358 g/mol. The third-order valence-electron chi connectivity index (χ3n) is 3.17. The molecule has 0 atom stereocenters. The number of aromatic nitrogens is 4. The zero-order chi connectivity index (χ0) is 16.2. The highest BCUT2D eigenvalue weighted by molar-refractivity contribution is 9.10. The van der Waals surface area contributed by atoms with E-state index in [-0.39, 0.29) is 11.6 Å². The maximum atomic E-state index is 12.1. The first-order chi connectivity index (χ1) is 11.1. The van der Waals surface area contributed by atoms with E-state index in [1.165, 1.54) is 24.2 Å². The summed E-state index contributed by atoms with van der Waals surface area (Å²) in [6.07, 6.45) is 6.23. The molecule has 23 heavy (non-hydrogen) atoms. The first-order valence-corrected chi connectivity index (χ1v) is 7.77. The van der Waals surface area contributed by atoms with E-state index in [1.807, 2.05) is 18.3 Å². The summed E-state index contributed by atoms with van der Waals surface area (Å²) in [7, 11) is 0. The van der Waals surface area contributed by atoms with Gasteiger partial charge in [-0.05, 0) is 28.4 Å². The van der Waals surface area contributed by atoms with Gasteiger partial charge in [0.05, 0.1) is 17.2 Å². The van der Waals surface area contributed by atoms with Gasteiger partial charge in [-0.1, -0.05) is 29.8 Å². The van der Waals surface area contributed by atoms with Crippen molar-refractivity contribution in [3.05, 3.63) is 70.3 Å². The van der Waals surface area contributed by atoms with E-state index in [2.05, 4.69) is 55.4 Å². The molecule has 1 N–H and O–H groups in total. The van der Waals surface area contributed by atoms with Crippen LogP contribution >= 0.6 is 15.9 Å². The van der Waals surface area contributed by atoms with Crippen LogP contribution in [0.25, 0.3) is 0 Å². The molecule has 1 aromatic carbocycles.